The molecule has 1 aromatic carbocycles. The summed E-state index contributed by atoms with van der Waals surface area (Å²) in [4.78, 5) is 11.3. The molecule has 0 amide bonds. The van der Waals surface area contributed by atoms with E-state index in [0.717, 1.165) is 0 Å². The third kappa shape index (κ3) is 4.80. The van der Waals surface area contributed by atoms with Gasteiger partial charge in [-0.25, -0.2) is 4.39 Å². The van der Waals surface area contributed by atoms with Crippen LogP contribution in [0.5, 0.6) is 0 Å². The molecule has 1 aromatic rings. The van der Waals surface area contributed by atoms with Crippen LogP contribution in [0.2, 0.25) is 0 Å². The second-order valence-corrected chi connectivity index (χ2v) is 3.72. The maximum atomic E-state index is 13.1. The number of hydrogen-bond acceptors (Lipinski definition) is 2. The van der Waals surface area contributed by atoms with Gasteiger partial charge in [0.15, 0.2) is 5.78 Å². The summed E-state index contributed by atoms with van der Waals surface area (Å²) in [6, 6.07) is 1.32. The van der Waals surface area contributed by atoms with Gasteiger partial charge in [-0.2, -0.15) is 26.3 Å². The predicted molar refractivity (Wildman–Crippen MR) is 52.6 cm³/mol. The van der Waals surface area contributed by atoms with Gasteiger partial charge in [0.05, 0.1) is 5.56 Å². The van der Waals surface area contributed by atoms with Crippen molar-refractivity contribution in [2.45, 2.75) is 12.4 Å². The first-order valence-corrected chi connectivity index (χ1v) is 5.05. The van der Waals surface area contributed by atoms with Gasteiger partial charge in [0.1, 0.15) is 19.0 Å². The molecule has 0 N–H and O–H groups in total. The molecule has 20 heavy (non-hydrogen) atoms. The van der Waals surface area contributed by atoms with E-state index in [0.29, 0.717) is 18.2 Å². The molecule has 0 bridgehead atoms. The van der Waals surface area contributed by atoms with Crippen LogP contribution in [-0.2, 0) is 10.9 Å². The van der Waals surface area contributed by atoms with E-state index in [1.807, 2.05) is 0 Å². The average molecular weight is 304 g/mol. The monoisotopic (exact) mass is 304 g/mol. The number of hydrogen-bond donors (Lipinski definition) is 0. The molecule has 0 saturated carbocycles. The Hall–Kier alpha value is -1.64. The molecule has 112 valence electrons. The first-order chi connectivity index (χ1) is 9.00. The Morgan fingerprint density at radius 3 is 2.15 bits per heavy atom. The van der Waals surface area contributed by atoms with E-state index in [4.69, 9.17) is 0 Å². The minimum Gasteiger partial charge on any atom is -0.364 e. The highest BCUT2D eigenvalue weighted by atomic mass is 19.4. The number of halogens is 7. The van der Waals surface area contributed by atoms with Crippen molar-refractivity contribution in [3.05, 3.63) is 35.1 Å². The predicted octanol–water partition coefficient (Wildman–Crippen LogP) is 3.61. The van der Waals surface area contributed by atoms with Crippen molar-refractivity contribution in [3.63, 3.8) is 0 Å². The molecule has 0 atom stereocenters. The van der Waals surface area contributed by atoms with Gasteiger partial charge in [-0.3, -0.25) is 4.79 Å². The second-order valence-electron chi connectivity index (χ2n) is 3.72. The van der Waals surface area contributed by atoms with Gasteiger partial charge in [-0.1, -0.05) is 6.07 Å². The summed E-state index contributed by atoms with van der Waals surface area (Å²) in [5, 5.41) is 0. The number of alkyl halides is 6. The number of ether oxygens (including phenoxy) is 1. The van der Waals surface area contributed by atoms with Gasteiger partial charge in [-0.05, 0) is 12.1 Å². The molecule has 0 spiro atoms. The van der Waals surface area contributed by atoms with Gasteiger partial charge in [0, 0.05) is 5.56 Å². The van der Waals surface area contributed by atoms with Gasteiger partial charge in [-0.15, -0.1) is 0 Å². The van der Waals surface area contributed by atoms with Crippen LogP contribution in [0.1, 0.15) is 15.9 Å². The van der Waals surface area contributed by atoms with E-state index in [9.17, 15) is 35.5 Å². The van der Waals surface area contributed by atoms with E-state index in [1.54, 1.807) is 0 Å². The molecular formula is C11H7F7O2. The number of rotatable bonds is 4. The SMILES string of the molecule is O=C(COCC(F)(F)F)c1ccc(C(F)(F)F)c(F)c1. The van der Waals surface area contributed by atoms with Gasteiger partial charge in [0.2, 0.25) is 0 Å². The standard InChI is InChI=1S/C11H7F7O2/c12-8-3-6(1-2-7(8)11(16,17)18)9(19)4-20-5-10(13,14)15/h1-3H,4-5H2. The van der Waals surface area contributed by atoms with Crippen molar-refractivity contribution in [1.82, 2.24) is 0 Å². The molecule has 0 aliphatic rings. The lowest BCUT2D eigenvalue weighted by Gasteiger charge is -2.10. The number of ketones is 1. The average Bonchev–Trinajstić information content (AvgIpc) is 2.25. The van der Waals surface area contributed by atoms with Crippen molar-refractivity contribution in [3.8, 4) is 0 Å². The molecule has 0 heterocycles. The van der Waals surface area contributed by atoms with Crippen LogP contribution in [0.25, 0.3) is 0 Å². The molecule has 0 aliphatic carbocycles. The zero-order valence-corrected chi connectivity index (χ0v) is 9.61. The summed E-state index contributed by atoms with van der Waals surface area (Å²) >= 11 is 0. The smallest absolute Gasteiger partial charge is 0.364 e. The summed E-state index contributed by atoms with van der Waals surface area (Å²) in [7, 11) is 0. The molecule has 2 nitrogen and oxygen atoms in total. The number of Topliss-reactive ketones (excluding diaryl/α,β-unsaturated/α-hetero) is 1. The number of carbonyl (C=O) groups excluding carboxylic acids is 1. The fourth-order valence-electron chi connectivity index (χ4n) is 1.26. The molecular weight excluding hydrogens is 297 g/mol. The van der Waals surface area contributed by atoms with Crippen LogP contribution < -0.4 is 0 Å². The quantitative estimate of drug-likeness (QED) is 0.627. The lowest BCUT2D eigenvalue weighted by Crippen LogP contribution is -2.20. The Balaban J connectivity index is 2.74. The topological polar surface area (TPSA) is 26.3 Å². The minimum absolute atomic E-state index is 0.308. The highest BCUT2D eigenvalue weighted by Gasteiger charge is 2.34. The summed E-state index contributed by atoms with van der Waals surface area (Å²) in [6.45, 7) is -2.69. The van der Waals surface area contributed by atoms with Crippen LogP contribution in [-0.4, -0.2) is 25.2 Å². The van der Waals surface area contributed by atoms with Crippen LogP contribution >= 0.6 is 0 Å². The number of benzene rings is 1. The minimum atomic E-state index is -4.92. The van der Waals surface area contributed by atoms with Crippen molar-refractivity contribution in [2.24, 2.45) is 0 Å². The summed E-state index contributed by atoms with van der Waals surface area (Å²) in [6.07, 6.45) is -9.55. The van der Waals surface area contributed by atoms with Crippen molar-refractivity contribution in [1.29, 1.82) is 0 Å². The molecule has 1 rings (SSSR count). The van der Waals surface area contributed by atoms with E-state index < -0.39 is 48.3 Å². The molecule has 0 aromatic heterocycles. The van der Waals surface area contributed by atoms with Gasteiger partial charge < -0.3 is 4.74 Å². The fraction of sp³-hybridized carbons (Fsp3) is 0.364. The first-order valence-electron chi connectivity index (χ1n) is 5.05. The Morgan fingerprint density at radius 1 is 1.10 bits per heavy atom. The van der Waals surface area contributed by atoms with Crippen molar-refractivity contribution in [2.75, 3.05) is 13.2 Å². The Morgan fingerprint density at radius 2 is 1.70 bits per heavy atom. The maximum absolute atomic E-state index is 13.1. The van der Waals surface area contributed by atoms with Crippen LogP contribution in [0.3, 0.4) is 0 Å². The fourth-order valence-corrected chi connectivity index (χ4v) is 1.26. The third-order valence-electron chi connectivity index (χ3n) is 2.10. The summed E-state index contributed by atoms with van der Waals surface area (Å²) in [5.41, 5.74) is -2.07. The molecule has 0 fully saturated rings. The van der Waals surface area contributed by atoms with Crippen LogP contribution in [0.15, 0.2) is 18.2 Å². The van der Waals surface area contributed by atoms with E-state index >= 15 is 0 Å². The van der Waals surface area contributed by atoms with Gasteiger partial charge in [0.25, 0.3) is 0 Å². The Bertz CT molecular complexity index is 491. The zero-order valence-electron chi connectivity index (χ0n) is 9.61. The second kappa shape index (κ2) is 5.78. The molecule has 0 aliphatic heterocycles. The number of carbonyl (C=O) groups is 1. The van der Waals surface area contributed by atoms with E-state index in [2.05, 4.69) is 4.74 Å². The van der Waals surface area contributed by atoms with E-state index in [-0.39, 0.29) is 0 Å². The molecule has 0 saturated heterocycles. The van der Waals surface area contributed by atoms with Crippen molar-refractivity contribution >= 4 is 5.78 Å². The van der Waals surface area contributed by atoms with Gasteiger partial charge >= 0.3 is 12.4 Å². The molecule has 0 unspecified atom stereocenters. The lowest BCUT2D eigenvalue weighted by atomic mass is 10.1. The van der Waals surface area contributed by atoms with E-state index in [1.165, 1.54) is 0 Å². The highest BCUT2D eigenvalue weighted by Crippen LogP contribution is 2.31. The first kappa shape index (κ1) is 16.4. The third-order valence-corrected chi connectivity index (χ3v) is 2.10. The Kier molecular flexibility index (Phi) is 4.74. The van der Waals surface area contributed by atoms with Crippen molar-refractivity contribution < 1.29 is 40.3 Å². The highest BCUT2D eigenvalue weighted by molar-refractivity contribution is 5.97. The molecule has 9 heteroatoms. The normalized spacial score (nSPS) is 12.6. The zero-order chi connectivity index (χ0) is 15.6. The summed E-state index contributed by atoms with van der Waals surface area (Å²) < 4.78 is 89.1. The lowest BCUT2D eigenvalue weighted by molar-refractivity contribution is -0.170. The van der Waals surface area contributed by atoms with Crippen LogP contribution in [0.4, 0.5) is 30.7 Å². The Labute approximate surface area is 108 Å². The molecule has 0 radical (unpaired) electrons. The van der Waals surface area contributed by atoms with Crippen LogP contribution in [0, 0.1) is 5.82 Å². The maximum Gasteiger partial charge on any atom is 0.419 e. The largest absolute Gasteiger partial charge is 0.419 e. The summed E-state index contributed by atoms with van der Waals surface area (Å²) in [5.74, 6) is -2.74.